The van der Waals surface area contributed by atoms with Gasteiger partial charge in [-0.15, -0.1) is 0 Å². The number of amides is 1. The van der Waals surface area contributed by atoms with Gasteiger partial charge in [0.15, 0.2) is 6.10 Å². The van der Waals surface area contributed by atoms with Crippen molar-refractivity contribution in [2.45, 2.75) is 53.3 Å². The zero-order chi connectivity index (χ0) is 21.4. The summed E-state index contributed by atoms with van der Waals surface area (Å²) in [5, 5.41) is 12.1. The van der Waals surface area contributed by atoms with Crippen LogP contribution in [0.4, 0.5) is 0 Å². The van der Waals surface area contributed by atoms with E-state index in [1.54, 1.807) is 0 Å². The van der Waals surface area contributed by atoms with Crippen molar-refractivity contribution in [3.8, 4) is 6.07 Å². The third-order valence-corrected chi connectivity index (χ3v) is 4.66. The SMILES string of the molecule is CCCn1c(C)cc(/C=C(\C#N)C(=O)OC(C)C(=O)NCc2ccccc2)c1C. The summed E-state index contributed by atoms with van der Waals surface area (Å²) >= 11 is 0. The van der Waals surface area contributed by atoms with E-state index < -0.39 is 18.0 Å². The molecule has 0 saturated heterocycles. The monoisotopic (exact) mass is 393 g/mol. The van der Waals surface area contributed by atoms with Crippen LogP contribution in [0.3, 0.4) is 0 Å². The molecule has 6 heteroatoms. The van der Waals surface area contributed by atoms with Crippen molar-refractivity contribution in [2.24, 2.45) is 0 Å². The van der Waals surface area contributed by atoms with Crippen LogP contribution in [-0.4, -0.2) is 22.5 Å². The number of aromatic nitrogens is 1. The highest BCUT2D eigenvalue weighted by Crippen LogP contribution is 2.19. The number of hydrogen-bond acceptors (Lipinski definition) is 4. The molecule has 1 amide bonds. The molecule has 0 fully saturated rings. The predicted molar refractivity (Wildman–Crippen MR) is 112 cm³/mol. The van der Waals surface area contributed by atoms with Crippen molar-refractivity contribution in [1.82, 2.24) is 9.88 Å². The zero-order valence-electron chi connectivity index (χ0n) is 17.4. The van der Waals surface area contributed by atoms with Crippen molar-refractivity contribution >= 4 is 18.0 Å². The summed E-state index contributed by atoms with van der Waals surface area (Å²) in [7, 11) is 0. The van der Waals surface area contributed by atoms with E-state index in [-0.39, 0.29) is 5.57 Å². The molecule has 1 aromatic heterocycles. The van der Waals surface area contributed by atoms with Crippen molar-refractivity contribution in [2.75, 3.05) is 0 Å². The largest absolute Gasteiger partial charge is 0.448 e. The van der Waals surface area contributed by atoms with Gasteiger partial charge in [-0.3, -0.25) is 4.79 Å². The molecule has 0 aliphatic heterocycles. The molecule has 1 atom stereocenters. The maximum Gasteiger partial charge on any atom is 0.349 e. The minimum Gasteiger partial charge on any atom is -0.448 e. The van der Waals surface area contributed by atoms with Gasteiger partial charge in [0.25, 0.3) is 5.91 Å². The van der Waals surface area contributed by atoms with Crippen LogP contribution in [-0.2, 0) is 27.4 Å². The van der Waals surface area contributed by atoms with Gasteiger partial charge in [-0.05, 0) is 50.5 Å². The second-order valence-electron chi connectivity index (χ2n) is 6.90. The first-order chi connectivity index (χ1) is 13.9. The summed E-state index contributed by atoms with van der Waals surface area (Å²) in [5.74, 6) is -1.23. The van der Waals surface area contributed by atoms with Gasteiger partial charge in [0.2, 0.25) is 0 Å². The van der Waals surface area contributed by atoms with Crippen LogP contribution in [0.25, 0.3) is 6.08 Å². The van der Waals surface area contributed by atoms with Gasteiger partial charge in [0.1, 0.15) is 11.6 Å². The Hall–Kier alpha value is -3.33. The minimum absolute atomic E-state index is 0.135. The van der Waals surface area contributed by atoms with Crippen LogP contribution in [0, 0.1) is 25.2 Å². The molecular formula is C23H27N3O3. The van der Waals surface area contributed by atoms with Gasteiger partial charge >= 0.3 is 5.97 Å². The van der Waals surface area contributed by atoms with E-state index in [0.717, 1.165) is 35.5 Å². The van der Waals surface area contributed by atoms with Crippen molar-refractivity contribution in [3.05, 3.63) is 64.5 Å². The fourth-order valence-corrected chi connectivity index (χ4v) is 3.04. The van der Waals surface area contributed by atoms with Gasteiger partial charge in [-0.25, -0.2) is 4.79 Å². The standard InChI is InChI=1S/C23H27N3O3/c1-5-11-26-16(2)12-20(17(26)3)13-21(14-24)23(28)29-18(4)22(27)25-15-19-9-7-6-8-10-19/h6-10,12-13,18H,5,11,15H2,1-4H3,(H,25,27)/b21-13+. The molecule has 0 aliphatic rings. The summed E-state index contributed by atoms with van der Waals surface area (Å²) in [4.78, 5) is 24.6. The highest BCUT2D eigenvalue weighted by Gasteiger charge is 2.21. The lowest BCUT2D eigenvalue weighted by atomic mass is 10.1. The number of carbonyl (C=O) groups excluding carboxylic acids is 2. The predicted octanol–water partition coefficient (Wildman–Crippen LogP) is 3.67. The lowest BCUT2D eigenvalue weighted by Crippen LogP contribution is -2.35. The quantitative estimate of drug-likeness (QED) is 0.421. The molecule has 2 aromatic rings. The topological polar surface area (TPSA) is 84.1 Å². The van der Waals surface area contributed by atoms with E-state index >= 15 is 0 Å². The van der Waals surface area contributed by atoms with Crippen molar-refractivity contribution in [1.29, 1.82) is 5.26 Å². The number of ether oxygens (including phenoxy) is 1. The van der Waals surface area contributed by atoms with Crippen LogP contribution < -0.4 is 5.32 Å². The summed E-state index contributed by atoms with van der Waals surface area (Å²) in [6.07, 6.45) is 1.50. The molecule has 1 unspecified atom stereocenters. The number of nitrogens with one attached hydrogen (secondary N) is 1. The summed E-state index contributed by atoms with van der Waals surface area (Å²) < 4.78 is 7.35. The fourth-order valence-electron chi connectivity index (χ4n) is 3.04. The number of nitrogens with zero attached hydrogens (tertiary/aromatic N) is 2. The van der Waals surface area contributed by atoms with Gasteiger partial charge in [0.05, 0.1) is 0 Å². The molecule has 1 heterocycles. The highest BCUT2D eigenvalue weighted by atomic mass is 16.5. The number of benzene rings is 1. The third-order valence-electron chi connectivity index (χ3n) is 4.66. The number of esters is 1. The minimum atomic E-state index is -1.00. The molecule has 0 saturated carbocycles. The fraction of sp³-hybridized carbons (Fsp3) is 0.348. The second kappa shape index (κ2) is 10.3. The maximum absolute atomic E-state index is 12.4. The maximum atomic E-state index is 12.4. The zero-order valence-corrected chi connectivity index (χ0v) is 17.4. The Bertz CT molecular complexity index is 936. The third kappa shape index (κ3) is 5.82. The lowest BCUT2D eigenvalue weighted by Gasteiger charge is -2.13. The van der Waals surface area contributed by atoms with Crippen LogP contribution in [0.5, 0.6) is 0 Å². The molecule has 1 N–H and O–H groups in total. The van der Waals surface area contributed by atoms with Crippen LogP contribution >= 0.6 is 0 Å². The lowest BCUT2D eigenvalue weighted by molar-refractivity contribution is -0.150. The van der Waals surface area contributed by atoms with E-state index in [2.05, 4.69) is 16.8 Å². The van der Waals surface area contributed by atoms with Crippen LogP contribution in [0.1, 0.15) is 42.8 Å². The molecular weight excluding hydrogens is 366 g/mol. The molecule has 0 bridgehead atoms. The Kier molecular flexibility index (Phi) is 7.79. The number of hydrogen-bond donors (Lipinski definition) is 1. The van der Waals surface area contributed by atoms with E-state index in [9.17, 15) is 14.9 Å². The van der Waals surface area contributed by atoms with Crippen molar-refractivity contribution < 1.29 is 14.3 Å². The van der Waals surface area contributed by atoms with E-state index in [0.29, 0.717) is 6.54 Å². The Morgan fingerprint density at radius 2 is 1.97 bits per heavy atom. The molecule has 1 aromatic carbocycles. The Morgan fingerprint density at radius 1 is 1.28 bits per heavy atom. The molecule has 6 nitrogen and oxygen atoms in total. The summed E-state index contributed by atoms with van der Waals surface area (Å²) in [6.45, 7) is 8.73. The van der Waals surface area contributed by atoms with Gasteiger partial charge in [0, 0.05) is 24.5 Å². The molecule has 0 radical (unpaired) electrons. The number of aryl methyl sites for hydroxylation is 1. The highest BCUT2D eigenvalue weighted by molar-refractivity contribution is 5.99. The molecule has 0 aliphatic carbocycles. The van der Waals surface area contributed by atoms with Crippen molar-refractivity contribution in [3.63, 3.8) is 0 Å². The second-order valence-corrected chi connectivity index (χ2v) is 6.90. The first-order valence-electron chi connectivity index (χ1n) is 9.68. The molecule has 29 heavy (non-hydrogen) atoms. The van der Waals surface area contributed by atoms with Crippen LogP contribution in [0.2, 0.25) is 0 Å². The number of carbonyl (C=O) groups is 2. The smallest absolute Gasteiger partial charge is 0.349 e. The average molecular weight is 393 g/mol. The first kappa shape index (κ1) is 22.0. The van der Waals surface area contributed by atoms with Gasteiger partial charge < -0.3 is 14.6 Å². The molecule has 0 spiro atoms. The van der Waals surface area contributed by atoms with E-state index in [1.807, 2.05) is 56.3 Å². The van der Waals surface area contributed by atoms with Gasteiger partial charge in [-0.2, -0.15) is 5.26 Å². The molecule has 152 valence electrons. The molecule has 2 rings (SSSR count). The van der Waals surface area contributed by atoms with E-state index in [1.165, 1.54) is 13.0 Å². The average Bonchev–Trinajstić information content (AvgIpc) is 2.98. The Morgan fingerprint density at radius 3 is 2.59 bits per heavy atom. The van der Waals surface area contributed by atoms with Gasteiger partial charge in [-0.1, -0.05) is 37.3 Å². The Balaban J connectivity index is 2.03. The van der Waals surface area contributed by atoms with Crippen LogP contribution in [0.15, 0.2) is 42.0 Å². The normalized spacial score (nSPS) is 12.2. The number of rotatable bonds is 8. The first-order valence-corrected chi connectivity index (χ1v) is 9.68. The number of nitriles is 1. The Labute approximate surface area is 171 Å². The summed E-state index contributed by atoms with van der Waals surface area (Å²) in [5.41, 5.74) is 3.66. The summed E-state index contributed by atoms with van der Waals surface area (Å²) in [6, 6.07) is 13.3. The van der Waals surface area contributed by atoms with E-state index in [4.69, 9.17) is 4.74 Å².